The molecular formula is C21H24N4O2S. The first-order valence-corrected chi connectivity index (χ1v) is 10.6. The molecule has 0 aliphatic heterocycles. The lowest BCUT2D eigenvalue weighted by atomic mass is 9.97. The van der Waals surface area contributed by atoms with E-state index in [1.807, 2.05) is 39.0 Å². The van der Waals surface area contributed by atoms with Gasteiger partial charge in [0.1, 0.15) is 6.04 Å². The topological polar surface area (TPSA) is 76.9 Å². The number of nitrogens with zero attached hydrogens (tertiary/aromatic N) is 3. The lowest BCUT2D eigenvalue weighted by Crippen LogP contribution is -2.35. The van der Waals surface area contributed by atoms with Crippen molar-refractivity contribution < 1.29 is 4.79 Å². The number of hydrogen-bond acceptors (Lipinski definition) is 5. The monoisotopic (exact) mass is 396 g/mol. The lowest BCUT2D eigenvalue weighted by Gasteiger charge is -2.18. The fraction of sp³-hybridized carbons (Fsp3) is 0.429. The summed E-state index contributed by atoms with van der Waals surface area (Å²) in [4.78, 5) is 28.2. The van der Waals surface area contributed by atoms with Gasteiger partial charge in [-0.1, -0.05) is 30.3 Å². The Bertz CT molecular complexity index is 1100. The maximum absolute atomic E-state index is 13.2. The van der Waals surface area contributed by atoms with Gasteiger partial charge in [-0.2, -0.15) is 4.68 Å². The molecule has 1 unspecified atom stereocenters. The molecule has 0 radical (unpaired) electrons. The molecule has 4 rings (SSSR count). The molecule has 146 valence electrons. The maximum Gasteiger partial charge on any atom is 0.279 e. The minimum atomic E-state index is -0.692. The molecule has 1 aromatic carbocycles. The summed E-state index contributed by atoms with van der Waals surface area (Å²) < 4.78 is 1.27. The first kappa shape index (κ1) is 18.8. The smallest absolute Gasteiger partial charge is 0.279 e. The highest BCUT2D eigenvalue weighted by atomic mass is 32.1. The largest absolute Gasteiger partial charge is 0.324 e. The first-order chi connectivity index (χ1) is 13.5. The highest BCUT2D eigenvalue weighted by Crippen LogP contribution is 2.33. The Morgan fingerprint density at radius 1 is 1.25 bits per heavy atom. The van der Waals surface area contributed by atoms with Gasteiger partial charge in [0.05, 0.1) is 5.39 Å². The van der Waals surface area contributed by atoms with Gasteiger partial charge in [0, 0.05) is 10.6 Å². The second kappa shape index (κ2) is 7.47. The zero-order valence-electron chi connectivity index (χ0n) is 16.4. The first-order valence-electron chi connectivity index (χ1n) is 9.78. The molecule has 3 aromatic rings. The SMILES string of the molecule is CCC(C(=O)Nc1c(C)cccc1C)n1nnc2sc3c(c2c1=O)CCCC3. The number of benzene rings is 1. The van der Waals surface area contributed by atoms with E-state index in [-0.39, 0.29) is 11.5 Å². The van der Waals surface area contributed by atoms with Crippen LogP contribution in [0, 0.1) is 13.8 Å². The van der Waals surface area contributed by atoms with Gasteiger partial charge < -0.3 is 5.32 Å². The molecule has 0 spiro atoms. The van der Waals surface area contributed by atoms with Crippen molar-refractivity contribution in [2.75, 3.05) is 5.32 Å². The normalized spacial score (nSPS) is 14.7. The van der Waals surface area contributed by atoms with Gasteiger partial charge in [-0.25, -0.2) is 0 Å². The van der Waals surface area contributed by atoms with Gasteiger partial charge >= 0.3 is 0 Å². The summed E-state index contributed by atoms with van der Waals surface area (Å²) in [6, 6.07) is 5.18. The van der Waals surface area contributed by atoms with Gasteiger partial charge in [0.2, 0.25) is 5.91 Å². The average Bonchev–Trinajstić information content (AvgIpc) is 3.06. The summed E-state index contributed by atoms with van der Waals surface area (Å²) in [6.45, 7) is 5.80. The zero-order chi connectivity index (χ0) is 19.8. The number of rotatable bonds is 4. The third kappa shape index (κ3) is 3.13. The van der Waals surface area contributed by atoms with Gasteiger partial charge in [-0.15, -0.1) is 16.4 Å². The number of carbonyl (C=O) groups excluding carboxylic acids is 1. The van der Waals surface area contributed by atoms with E-state index in [1.54, 1.807) is 11.3 Å². The summed E-state index contributed by atoms with van der Waals surface area (Å²) in [6.07, 6.45) is 4.60. The number of hydrogen-bond donors (Lipinski definition) is 1. The van der Waals surface area contributed by atoms with Crippen molar-refractivity contribution in [3.8, 4) is 0 Å². The van der Waals surface area contributed by atoms with Crippen LogP contribution >= 0.6 is 11.3 Å². The van der Waals surface area contributed by atoms with Crippen LogP contribution in [0.25, 0.3) is 10.2 Å². The molecule has 1 amide bonds. The molecule has 2 heterocycles. The van der Waals surface area contributed by atoms with Crippen molar-refractivity contribution in [2.45, 2.75) is 58.9 Å². The van der Waals surface area contributed by atoms with E-state index in [0.29, 0.717) is 16.6 Å². The number of anilines is 1. The Balaban J connectivity index is 1.74. The second-order valence-electron chi connectivity index (χ2n) is 7.41. The fourth-order valence-corrected chi connectivity index (χ4v) is 5.17. The molecule has 2 aromatic heterocycles. The third-order valence-corrected chi connectivity index (χ3v) is 6.70. The molecule has 0 saturated carbocycles. The van der Waals surface area contributed by atoms with Gasteiger partial charge in [0.25, 0.3) is 5.56 Å². The van der Waals surface area contributed by atoms with E-state index in [0.717, 1.165) is 48.1 Å². The van der Waals surface area contributed by atoms with E-state index in [9.17, 15) is 9.59 Å². The number of fused-ring (bicyclic) bond motifs is 3. The van der Waals surface area contributed by atoms with E-state index >= 15 is 0 Å². The summed E-state index contributed by atoms with van der Waals surface area (Å²) >= 11 is 1.57. The van der Waals surface area contributed by atoms with Crippen molar-refractivity contribution in [1.29, 1.82) is 0 Å². The summed E-state index contributed by atoms with van der Waals surface area (Å²) in [7, 11) is 0. The van der Waals surface area contributed by atoms with Crippen molar-refractivity contribution in [3.05, 3.63) is 50.1 Å². The van der Waals surface area contributed by atoms with Crippen molar-refractivity contribution in [1.82, 2.24) is 15.0 Å². The highest BCUT2D eigenvalue weighted by Gasteiger charge is 2.26. The van der Waals surface area contributed by atoms with Gasteiger partial charge in [-0.3, -0.25) is 9.59 Å². The van der Waals surface area contributed by atoms with Crippen LogP contribution in [0.3, 0.4) is 0 Å². The lowest BCUT2D eigenvalue weighted by molar-refractivity contribution is -0.119. The number of amides is 1. The number of thiophene rings is 1. The maximum atomic E-state index is 13.2. The Labute approximate surface area is 167 Å². The van der Waals surface area contributed by atoms with Crippen LogP contribution in [-0.4, -0.2) is 20.9 Å². The molecule has 0 saturated heterocycles. The molecule has 1 aliphatic carbocycles. The molecule has 28 heavy (non-hydrogen) atoms. The van der Waals surface area contributed by atoms with Crippen LogP contribution in [0.15, 0.2) is 23.0 Å². The number of aromatic nitrogens is 3. The van der Waals surface area contributed by atoms with Crippen LogP contribution in [0.4, 0.5) is 5.69 Å². The Hall–Kier alpha value is -2.54. The Kier molecular flexibility index (Phi) is 5.02. The van der Waals surface area contributed by atoms with Crippen molar-refractivity contribution in [3.63, 3.8) is 0 Å². The van der Waals surface area contributed by atoms with E-state index in [4.69, 9.17) is 0 Å². The standard InChI is InChI=1S/C21H24N4O2S/c1-4-15(19(26)22-18-12(2)8-7-9-13(18)3)25-21(27)17-14-10-5-6-11-16(14)28-20(17)23-24-25/h7-9,15H,4-6,10-11H2,1-3H3,(H,22,26). The summed E-state index contributed by atoms with van der Waals surface area (Å²) in [5, 5.41) is 12.1. The number of carbonyl (C=O) groups is 1. The summed E-state index contributed by atoms with van der Waals surface area (Å²) in [5.74, 6) is -0.236. The molecule has 0 fully saturated rings. The van der Waals surface area contributed by atoms with E-state index < -0.39 is 6.04 Å². The Morgan fingerprint density at radius 3 is 2.68 bits per heavy atom. The number of nitrogens with one attached hydrogen (secondary N) is 1. The predicted molar refractivity (Wildman–Crippen MR) is 112 cm³/mol. The van der Waals surface area contributed by atoms with Crippen LogP contribution in [0.1, 0.15) is 53.8 Å². The van der Waals surface area contributed by atoms with Crippen LogP contribution in [-0.2, 0) is 17.6 Å². The van der Waals surface area contributed by atoms with Crippen LogP contribution in [0.5, 0.6) is 0 Å². The highest BCUT2D eigenvalue weighted by molar-refractivity contribution is 7.18. The van der Waals surface area contributed by atoms with E-state index in [1.165, 1.54) is 9.56 Å². The van der Waals surface area contributed by atoms with E-state index in [2.05, 4.69) is 15.6 Å². The van der Waals surface area contributed by atoms with Crippen molar-refractivity contribution in [2.24, 2.45) is 0 Å². The molecule has 1 aliphatic rings. The second-order valence-corrected chi connectivity index (χ2v) is 8.49. The minimum absolute atomic E-state index is 0.201. The average molecular weight is 397 g/mol. The molecule has 6 nitrogen and oxygen atoms in total. The quantitative estimate of drug-likeness (QED) is 0.725. The predicted octanol–water partition coefficient (Wildman–Crippen LogP) is 3.94. The summed E-state index contributed by atoms with van der Waals surface area (Å²) in [5.41, 5.74) is 3.69. The van der Waals surface area contributed by atoms with Crippen molar-refractivity contribution >= 4 is 33.1 Å². The molecule has 1 atom stereocenters. The zero-order valence-corrected chi connectivity index (χ0v) is 17.2. The third-order valence-electron chi connectivity index (χ3n) is 5.52. The van der Waals surface area contributed by atoms with Crippen LogP contribution in [0.2, 0.25) is 0 Å². The minimum Gasteiger partial charge on any atom is -0.324 e. The number of aryl methyl sites for hydroxylation is 4. The van der Waals surface area contributed by atoms with Gasteiger partial charge in [-0.05, 0) is 62.6 Å². The van der Waals surface area contributed by atoms with Crippen LogP contribution < -0.4 is 10.9 Å². The Morgan fingerprint density at radius 2 is 1.96 bits per heavy atom. The molecule has 0 bridgehead atoms. The van der Waals surface area contributed by atoms with Gasteiger partial charge in [0.15, 0.2) is 4.83 Å². The molecule has 7 heteroatoms. The molecule has 1 N–H and O–H groups in total. The molecular weight excluding hydrogens is 372 g/mol. The fourth-order valence-electron chi connectivity index (χ4n) is 3.98. The number of para-hydroxylation sites is 1.